The van der Waals surface area contributed by atoms with Gasteiger partial charge in [-0.25, -0.2) is 23.1 Å². The first kappa shape index (κ1) is 14.1. The second-order valence-electron chi connectivity index (χ2n) is 4.19. The molecule has 0 N–H and O–H groups in total. The summed E-state index contributed by atoms with van der Waals surface area (Å²) in [5, 5.41) is 0.0675. The Morgan fingerprint density at radius 1 is 0.810 bits per heavy atom. The highest BCUT2D eigenvalue weighted by atomic mass is 35.5. The molecule has 106 valence electrons. The maximum atomic E-state index is 13.8. The van der Waals surface area contributed by atoms with E-state index >= 15 is 0 Å². The van der Waals surface area contributed by atoms with Crippen molar-refractivity contribution in [2.24, 2.45) is 0 Å². The number of aromatic nitrogens is 2. The molecule has 0 amide bonds. The minimum atomic E-state index is -0.868. The summed E-state index contributed by atoms with van der Waals surface area (Å²) in [5.74, 6) is -2.79. The van der Waals surface area contributed by atoms with E-state index in [2.05, 4.69) is 9.97 Å². The van der Waals surface area contributed by atoms with Crippen LogP contribution in [0.4, 0.5) is 13.2 Å². The number of fused-ring (bicyclic) bond motifs is 1. The van der Waals surface area contributed by atoms with Crippen LogP contribution < -0.4 is 0 Å². The monoisotopic (exact) mass is 328 g/mol. The van der Waals surface area contributed by atoms with E-state index in [4.69, 9.17) is 23.2 Å². The van der Waals surface area contributed by atoms with E-state index in [0.717, 1.165) is 18.2 Å². The molecule has 21 heavy (non-hydrogen) atoms. The van der Waals surface area contributed by atoms with Crippen LogP contribution >= 0.6 is 23.2 Å². The van der Waals surface area contributed by atoms with Crippen LogP contribution in [0.2, 0.25) is 10.2 Å². The van der Waals surface area contributed by atoms with Gasteiger partial charge in [0.25, 0.3) is 0 Å². The quantitative estimate of drug-likeness (QED) is 0.586. The Hall–Kier alpha value is -1.85. The second-order valence-corrected chi connectivity index (χ2v) is 4.95. The molecule has 0 aliphatic heterocycles. The molecule has 2 nitrogen and oxygen atoms in total. The lowest BCUT2D eigenvalue weighted by Crippen LogP contribution is -1.98. The molecule has 1 aromatic heterocycles. The molecule has 0 fully saturated rings. The summed E-state index contributed by atoms with van der Waals surface area (Å²) in [6.45, 7) is 0. The average Bonchev–Trinajstić information content (AvgIpc) is 2.42. The van der Waals surface area contributed by atoms with Crippen LogP contribution in [0.3, 0.4) is 0 Å². The summed E-state index contributed by atoms with van der Waals surface area (Å²) in [4.78, 5) is 7.67. The smallest absolute Gasteiger partial charge is 0.167 e. The first-order valence-corrected chi connectivity index (χ1v) is 6.50. The van der Waals surface area contributed by atoms with Crippen LogP contribution in [0.25, 0.3) is 22.3 Å². The lowest BCUT2D eigenvalue weighted by atomic mass is 10.1. The molecule has 0 unspecified atom stereocenters. The summed E-state index contributed by atoms with van der Waals surface area (Å²) in [6, 6.07) is 5.70. The van der Waals surface area contributed by atoms with Gasteiger partial charge >= 0.3 is 0 Å². The number of halogens is 5. The molecule has 2 aromatic carbocycles. The van der Waals surface area contributed by atoms with Gasteiger partial charge in [-0.15, -0.1) is 0 Å². The van der Waals surface area contributed by atoms with Crippen molar-refractivity contribution < 1.29 is 13.2 Å². The zero-order valence-corrected chi connectivity index (χ0v) is 11.7. The molecule has 0 radical (unpaired) electrons. The van der Waals surface area contributed by atoms with Gasteiger partial charge in [-0.05, 0) is 24.3 Å². The van der Waals surface area contributed by atoms with Crippen LogP contribution in [-0.4, -0.2) is 9.97 Å². The molecule has 0 spiro atoms. The van der Waals surface area contributed by atoms with Crippen molar-refractivity contribution in [3.63, 3.8) is 0 Å². The number of benzene rings is 2. The van der Waals surface area contributed by atoms with Gasteiger partial charge in [0.05, 0.1) is 16.0 Å². The normalized spacial score (nSPS) is 11.1. The van der Waals surface area contributed by atoms with Crippen molar-refractivity contribution in [2.75, 3.05) is 0 Å². The topological polar surface area (TPSA) is 25.8 Å². The molecule has 0 atom stereocenters. The minimum absolute atomic E-state index is 0.0961. The summed E-state index contributed by atoms with van der Waals surface area (Å²) in [7, 11) is 0. The average molecular weight is 329 g/mol. The second kappa shape index (κ2) is 5.16. The van der Waals surface area contributed by atoms with Crippen molar-refractivity contribution in [3.05, 3.63) is 58.0 Å². The molecular formula is C14H5Cl2F3N2. The Kier molecular flexibility index (Phi) is 3.47. The summed E-state index contributed by atoms with van der Waals surface area (Å²) in [5.41, 5.74) is -0.666. The Labute approximate surface area is 127 Å². The van der Waals surface area contributed by atoms with Gasteiger partial charge in [-0.2, -0.15) is 0 Å². The summed E-state index contributed by atoms with van der Waals surface area (Å²) >= 11 is 11.9. The summed E-state index contributed by atoms with van der Waals surface area (Å²) in [6.07, 6.45) is 0. The maximum absolute atomic E-state index is 13.8. The van der Waals surface area contributed by atoms with Crippen LogP contribution in [0.5, 0.6) is 0 Å². The largest absolute Gasteiger partial charge is 0.225 e. The van der Waals surface area contributed by atoms with E-state index in [1.54, 1.807) is 0 Å². The van der Waals surface area contributed by atoms with Crippen molar-refractivity contribution >= 4 is 34.1 Å². The highest BCUT2D eigenvalue weighted by molar-refractivity contribution is 6.41. The first-order valence-electron chi connectivity index (χ1n) is 5.74. The highest BCUT2D eigenvalue weighted by Gasteiger charge is 2.18. The molecular weight excluding hydrogens is 324 g/mol. The van der Waals surface area contributed by atoms with Crippen molar-refractivity contribution in [3.8, 4) is 11.4 Å². The van der Waals surface area contributed by atoms with Crippen LogP contribution in [-0.2, 0) is 0 Å². The zero-order valence-electron chi connectivity index (χ0n) is 10.2. The Balaban J connectivity index is 2.39. The first-order chi connectivity index (χ1) is 9.99. The van der Waals surface area contributed by atoms with Crippen molar-refractivity contribution in [1.82, 2.24) is 9.97 Å². The van der Waals surface area contributed by atoms with E-state index in [9.17, 15) is 13.2 Å². The third-order valence-electron chi connectivity index (χ3n) is 2.89. The molecule has 3 aromatic rings. The van der Waals surface area contributed by atoms with Crippen LogP contribution in [0.15, 0.2) is 30.3 Å². The number of nitrogens with zero attached hydrogens (tertiary/aromatic N) is 2. The van der Waals surface area contributed by atoms with E-state index in [0.29, 0.717) is 0 Å². The predicted molar refractivity (Wildman–Crippen MR) is 74.9 cm³/mol. The van der Waals surface area contributed by atoms with Gasteiger partial charge in [0, 0.05) is 0 Å². The molecule has 3 rings (SSSR count). The lowest BCUT2D eigenvalue weighted by molar-refractivity contribution is 0.587. The molecule has 0 aliphatic rings. The maximum Gasteiger partial charge on any atom is 0.167 e. The minimum Gasteiger partial charge on any atom is -0.225 e. The van der Waals surface area contributed by atoms with Gasteiger partial charge in [-0.3, -0.25) is 0 Å². The third kappa shape index (κ3) is 2.32. The molecule has 0 aliphatic carbocycles. The van der Waals surface area contributed by atoms with Crippen LogP contribution in [0, 0.1) is 17.5 Å². The number of hydrogen-bond acceptors (Lipinski definition) is 2. The summed E-state index contributed by atoms with van der Waals surface area (Å²) < 4.78 is 41.4. The Bertz CT molecular complexity index is 848. The fraction of sp³-hybridized carbons (Fsp3) is 0. The molecule has 0 saturated carbocycles. The third-order valence-corrected chi connectivity index (χ3v) is 3.48. The molecule has 0 saturated heterocycles. The van der Waals surface area contributed by atoms with Gasteiger partial charge in [0.1, 0.15) is 28.1 Å². The number of hydrogen-bond donors (Lipinski definition) is 0. The van der Waals surface area contributed by atoms with Gasteiger partial charge < -0.3 is 0 Å². The van der Waals surface area contributed by atoms with E-state index in [1.165, 1.54) is 12.1 Å². The molecule has 0 bridgehead atoms. The number of rotatable bonds is 1. The van der Waals surface area contributed by atoms with Crippen molar-refractivity contribution in [1.29, 1.82) is 0 Å². The van der Waals surface area contributed by atoms with Gasteiger partial charge in [-0.1, -0.05) is 29.3 Å². The lowest BCUT2D eigenvalue weighted by Gasteiger charge is -2.08. The van der Waals surface area contributed by atoms with Crippen molar-refractivity contribution in [2.45, 2.75) is 0 Å². The fourth-order valence-electron chi connectivity index (χ4n) is 1.95. The van der Waals surface area contributed by atoms with E-state index in [-0.39, 0.29) is 26.9 Å². The standard InChI is InChI=1S/C14H5Cl2F3N2/c15-6-4-5-9(19)12-10(6)13(16)21-14(20-12)11-7(17)2-1-3-8(11)18/h1-5H. The van der Waals surface area contributed by atoms with Gasteiger partial charge in [0.2, 0.25) is 0 Å². The Morgan fingerprint density at radius 2 is 1.48 bits per heavy atom. The molecule has 1 heterocycles. The Morgan fingerprint density at radius 3 is 2.14 bits per heavy atom. The molecule has 7 heteroatoms. The predicted octanol–water partition coefficient (Wildman–Crippen LogP) is 5.02. The fourth-order valence-corrected chi connectivity index (χ4v) is 2.51. The van der Waals surface area contributed by atoms with E-state index < -0.39 is 23.0 Å². The SMILES string of the molecule is Fc1cccc(F)c1-c1nc(Cl)c2c(Cl)ccc(F)c2n1. The van der Waals surface area contributed by atoms with Crippen LogP contribution in [0.1, 0.15) is 0 Å². The van der Waals surface area contributed by atoms with E-state index in [1.807, 2.05) is 0 Å². The van der Waals surface area contributed by atoms with Gasteiger partial charge in [0.15, 0.2) is 5.82 Å². The highest BCUT2D eigenvalue weighted by Crippen LogP contribution is 2.33. The zero-order chi connectivity index (χ0) is 15.1.